The molecule has 6 heteroatoms. The van der Waals surface area contributed by atoms with Crippen LogP contribution in [0.2, 0.25) is 0 Å². The van der Waals surface area contributed by atoms with Crippen molar-refractivity contribution < 1.29 is 10.2 Å². The third-order valence-electron chi connectivity index (χ3n) is 3.06. The van der Waals surface area contributed by atoms with Crippen molar-refractivity contribution in [3.63, 3.8) is 0 Å². The average molecular weight is 225 g/mol. The van der Waals surface area contributed by atoms with Gasteiger partial charge in [0.15, 0.2) is 0 Å². The molecule has 1 aliphatic carbocycles. The summed E-state index contributed by atoms with van der Waals surface area (Å²) in [6.45, 7) is 0.0325. The normalized spacial score (nSPS) is 29.5. The van der Waals surface area contributed by atoms with Gasteiger partial charge in [0.25, 0.3) is 0 Å². The van der Waals surface area contributed by atoms with E-state index in [1.807, 2.05) is 0 Å². The van der Waals surface area contributed by atoms with E-state index in [0.717, 1.165) is 0 Å². The summed E-state index contributed by atoms with van der Waals surface area (Å²) in [6, 6.07) is 1.22. The van der Waals surface area contributed by atoms with E-state index < -0.39 is 11.8 Å². The third-order valence-corrected chi connectivity index (χ3v) is 3.06. The molecule has 0 aromatic carbocycles. The van der Waals surface area contributed by atoms with Crippen molar-refractivity contribution in [1.29, 1.82) is 0 Å². The number of hydrogen-bond donors (Lipinski definition) is 3. The van der Waals surface area contributed by atoms with E-state index in [4.69, 9.17) is 10.8 Å². The minimum absolute atomic E-state index is 0.0325. The largest absolute Gasteiger partial charge is 0.396 e. The topological polar surface area (TPSA) is 101 Å². The first-order chi connectivity index (χ1) is 7.61. The van der Waals surface area contributed by atoms with Crippen LogP contribution < -0.4 is 11.4 Å². The van der Waals surface area contributed by atoms with Gasteiger partial charge in [0, 0.05) is 12.8 Å². The number of aliphatic hydroxyl groups is 2. The summed E-state index contributed by atoms with van der Waals surface area (Å²) < 4.78 is 1.39. The fourth-order valence-corrected chi connectivity index (χ4v) is 2.22. The Balaban J connectivity index is 2.28. The van der Waals surface area contributed by atoms with Gasteiger partial charge in [-0.3, -0.25) is 4.57 Å². The molecule has 1 fully saturated rings. The zero-order valence-electron chi connectivity index (χ0n) is 8.78. The number of nitrogens with zero attached hydrogens (tertiary/aromatic N) is 2. The van der Waals surface area contributed by atoms with Gasteiger partial charge in [0.2, 0.25) is 0 Å². The van der Waals surface area contributed by atoms with Crippen LogP contribution in [0, 0.1) is 5.92 Å². The molecule has 0 radical (unpaired) electrons. The highest BCUT2D eigenvalue weighted by atomic mass is 16.3. The lowest BCUT2D eigenvalue weighted by atomic mass is 10.1. The average Bonchev–Trinajstić information content (AvgIpc) is 2.60. The molecule has 0 aliphatic heterocycles. The van der Waals surface area contributed by atoms with Crippen molar-refractivity contribution in [2.75, 3.05) is 12.3 Å². The van der Waals surface area contributed by atoms with Crippen LogP contribution in [0.1, 0.15) is 18.9 Å². The number of aliphatic hydroxyl groups excluding tert-OH is 2. The molecule has 1 aromatic heterocycles. The highest BCUT2D eigenvalue weighted by molar-refractivity contribution is 5.23. The van der Waals surface area contributed by atoms with Gasteiger partial charge >= 0.3 is 5.69 Å². The summed E-state index contributed by atoms with van der Waals surface area (Å²) in [5.41, 5.74) is 4.93. The maximum absolute atomic E-state index is 11.6. The summed E-state index contributed by atoms with van der Waals surface area (Å²) in [6.07, 6.45) is 2.03. The van der Waals surface area contributed by atoms with Crippen LogP contribution in [0.25, 0.3) is 0 Å². The van der Waals surface area contributed by atoms with E-state index in [2.05, 4.69) is 4.98 Å². The maximum Gasteiger partial charge on any atom is 0.349 e. The number of rotatable bonds is 2. The second-order valence-corrected chi connectivity index (χ2v) is 4.20. The minimum Gasteiger partial charge on any atom is -0.396 e. The smallest absolute Gasteiger partial charge is 0.349 e. The summed E-state index contributed by atoms with van der Waals surface area (Å²) in [7, 11) is 0. The Bertz CT molecular complexity index is 432. The molecule has 0 amide bonds. The monoisotopic (exact) mass is 225 g/mol. The Hall–Kier alpha value is -1.40. The van der Waals surface area contributed by atoms with Gasteiger partial charge in [-0.25, -0.2) is 4.79 Å². The lowest BCUT2D eigenvalue weighted by molar-refractivity contribution is 0.129. The van der Waals surface area contributed by atoms with Crippen LogP contribution in [-0.4, -0.2) is 32.5 Å². The van der Waals surface area contributed by atoms with Gasteiger partial charge in [-0.05, 0) is 24.8 Å². The van der Waals surface area contributed by atoms with Gasteiger partial charge < -0.3 is 15.9 Å². The molecule has 4 N–H and O–H groups in total. The standard InChI is InChI=1S/C10H15N3O3/c11-9-1-2-13(10(16)12-9)7-3-6(5-14)4-8(7)15/h1-2,6-8,14-15H,3-5H2,(H2,11,12,16)/t6-,7+,8-/m0/s1. The predicted molar refractivity (Wildman–Crippen MR) is 57.8 cm³/mol. The van der Waals surface area contributed by atoms with E-state index in [9.17, 15) is 9.90 Å². The molecule has 6 nitrogen and oxygen atoms in total. The van der Waals surface area contributed by atoms with Crippen molar-refractivity contribution in [2.45, 2.75) is 25.0 Å². The summed E-state index contributed by atoms with van der Waals surface area (Å²) in [5, 5.41) is 18.8. The lowest BCUT2D eigenvalue weighted by Crippen LogP contribution is -2.30. The second-order valence-electron chi connectivity index (χ2n) is 4.20. The molecule has 0 saturated heterocycles. The fraction of sp³-hybridized carbons (Fsp3) is 0.600. The highest BCUT2D eigenvalue weighted by Gasteiger charge is 2.34. The first kappa shape index (κ1) is 11.1. The Morgan fingerprint density at radius 3 is 2.88 bits per heavy atom. The highest BCUT2D eigenvalue weighted by Crippen LogP contribution is 2.33. The van der Waals surface area contributed by atoms with Crippen LogP contribution in [0.15, 0.2) is 17.1 Å². The molecular weight excluding hydrogens is 210 g/mol. The van der Waals surface area contributed by atoms with E-state index in [-0.39, 0.29) is 24.4 Å². The minimum atomic E-state index is -0.611. The molecule has 16 heavy (non-hydrogen) atoms. The molecule has 2 rings (SSSR count). The molecular formula is C10H15N3O3. The molecule has 0 bridgehead atoms. The zero-order valence-corrected chi connectivity index (χ0v) is 8.78. The number of nitrogens with two attached hydrogens (primary N) is 1. The van der Waals surface area contributed by atoms with Crippen molar-refractivity contribution in [2.24, 2.45) is 5.92 Å². The van der Waals surface area contributed by atoms with E-state index in [0.29, 0.717) is 12.8 Å². The van der Waals surface area contributed by atoms with Gasteiger partial charge in [-0.1, -0.05) is 0 Å². The van der Waals surface area contributed by atoms with Crippen LogP contribution in [-0.2, 0) is 0 Å². The maximum atomic E-state index is 11.6. The lowest BCUT2D eigenvalue weighted by Gasteiger charge is -2.16. The first-order valence-electron chi connectivity index (χ1n) is 5.25. The van der Waals surface area contributed by atoms with E-state index >= 15 is 0 Å². The molecule has 3 atom stereocenters. The molecule has 1 aromatic rings. The van der Waals surface area contributed by atoms with Crippen LogP contribution in [0.5, 0.6) is 0 Å². The zero-order chi connectivity index (χ0) is 11.7. The van der Waals surface area contributed by atoms with E-state index in [1.54, 1.807) is 0 Å². The van der Waals surface area contributed by atoms with Crippen molar-refractivity contribution in [1.82, 2.24) is 9.55 Å². The van der Waals surface area contributed by atoms with Gasteiger partial charge in [0.05, 0.1) is 12.1 Å². The Kier molecular flexibility index (Phi) is 2.93. The number of hydrogen-bond acceptors (Lipinski definition) is 5. The SMILES string of the molecule is Nc1ccn([C@@H]2C[C@H](CO)C[C@@H]2O)c(=O)n1. The molecule has 1 saturated carbocycles. The molecule has 1 aliphatic rings. The number of nitrogen functional groups attached to an aromatic ring is 1. The van der Waals surface area contributed by atoms with E-state index in [1.165, 1.54) is 16.8 Å². The fourth-order valence-electron chi connectivity index (χ4n) is 2.22. The quantitative estimate of drug-likeness (QED) is 0.607. The Labute approximate surface area is 92.4 Å². The van der Waals surface area contributed by atoms with Crippen LogP contribution in [0.3, 0.4) is 0 Å². The number of aromatic nitrogens is 2. The van der Waals surface area contributed by atoms with Crippen molar-refractivity contribution >= 4 is 5.82 Å². The van der Waals surface area contributed by atoms with Crippen molar-refractivity contribution in [3.05, 3.63) is 22.7 Å². The first-order valence-corrected chi connectivity index (χ1v) is 5.25. The molecule has 0 spiro atoms. The molecule has 0 unspecified atom stereocenters. The number of anilines is 1. The predicted octanol–water partition coefficient (Wildman–Crippen LogP) is -0.870. The van der Waals surface area contributed by atoms with Crippen LogP contribution >= 0.6 is 0 Å². The van der Waals surface area contributed by atoms with Crippen LogP contribution in [0.4, 0.5) is 5.82 Å². The summed E-state index contributed by atoms with van der Waals surface area (Å²) in [5.74, 6) is 0.219. The van der Waals surface area contributed by atoms with Gasteiger partial charge in [-0.2, -0.15) is 4.98 Å². The van der Waals surface area contributed by atoms with Gasteiger partial charge in [-0.15, -0.1) is 0 Å². The Morgan fingerprint density at radius 1 is 1.56 bits per heavy atom. The molecule has 88 valence electrons. The summed E-state index contributed by atoms with van der Waals surface area (Å²) in [4.78, 5) is 15.2. The summed E-state index contributed by atoms with van der Waals surface area (Å²) >= 11 is 0. The van der Waals surface area contributed by atoms with Crippen molar-refractivity contribution in [3.8, 4) is 0 Å². The van der Waals surface area contributed by atoms with Gasteiger partial charge in [0.1, 0.15) is 5.82 Å². The Morgan fingerprint density at radius 2 is 2.31 bits per heavy atom. The second kappa shape index (κ2) is 4.23. The third kappa shape index (κ3) is 1.94. The molecule has 1 heterocycles.